The summed E-state index contributed by atoms with van der Waals surface area (Å²) >= 11 is 0. The molecule has 1 amide bonds. The van der Waals surface area contributed by atoms with Crippen LogP contribution in [-0.2, 0) is 21.0 Å². The van der Waals surface area contributed by atoms with Gasteiger partial charge in [0.1, 0.15) is 0 Å². The van der Waals surface area contributed by atoms with Gasteiger partial charge in [0.05, 0.1) is 17.0 Å². The van der Waals surface area contributed by atoms with Crippen LogP contribution in [-0.4, -0.2) is 27.4 Å². The topological polar surface area (TPSA) is 75.3 Å². The van der Waals surface area contributed by atoms with Crippen molar-refractivity contribution in [2.45, 2.75) is 30.8 Å². The van der Waals surface area contributed by atoms with Crippen molar-refractivity contribution in [2.75, 3.05) is 13.1 Å². The zero-order valence-electron chi connectivity index (χ0n) is 11.9. The average molecular weight is 338 g/mol. The van der Waals surface area contributed by atoms with Crippen molar-refractivity contribution in [1.82, 2.24) is 10.0 Å². The predicted molar refractivity (Wildman–Crippen MR) is 74.6 cm³/mol. The molecule has 0 fully saturated rings. The van der Waals surface area contributed by atoms with E-state index in [1.54, 1.807) is 0 Å². The number of sulfonamides is 1. The summed E-state index contributed by atoms with van der Waals surface area (Å²) in [5, 5.41) is 2.50. The number of carbonyl (C=O) groups excluding carboxylic acids is 1. The molecule has 0 spiro atoms. The van der Waals surface area contributed by atoms with Gasteiger partial charge in [0, 0.05) is 6.54 Å². The first-order chi connectivity index (χ1) is 10.2. The maximum Gasteiger partial charge on any atom is 0.416 e. The van der Waals surface area contributed by atoms with Crippen molar-refractivity contribution < 1.29 is 26.4 Å². The highest BCUT2D eigenvalue weighted by Crippen LogP contribution is 2.30. The molecule has 0 radical (unpaired) electrons. The van der Waals surface area contributed by atoms with Crippen LogP contribution in [0.4, 0.5) is 13.2 Å². The first kappa shape index (κ1) is 18.4. The van der Waals surface area contributed by atoms with E-state index in [1.165, 1.54) is 0 Å². The molecule has 1 aromatic rings. The molecule has 0 unspecified atom stereocenters. The molecule has 2 N–H and O–H groups in total. The zero-order valence-corrected chi connectivity index (χ0v) is 12.7. The van der Waals surface area contributed by atoms with Crippen LogP contribution in [0.1, 0.15) is 25.3 Å². The van der Waals surface area contributed by atoms with Crippen LogP contribution in [0.15, 0.2) is 29.2 Å². The van der Waals surface area contributed by atoms with Gasteiger partial charge >= 0.3 is 6.18 Å². The SMILES string of the molecule is CCCCNC(=O)CNS(=O)(=O)c1cccc(C(F)(F)F)c1. The second kappa shape index (κ2) is 7.59. The summed E-state index contributed by atoms with van der Waals surface area (Å²) in [4.78, 5) is 10.9. The fourth-order valence-corrected chi connectivity index (χ4v) is 2.58. The Kier molecular flexibility index (Phi) is 6.36. The Morgan fingerprint density at radius 3 is 2.55 bits per heavy atom. The average Bonchev–Trinajstić information content (AvgIpc) is 2.45. The monoisotopic (exact) mass is 338 g/mol. The summed E-state index contributed by atoms with van der Waals surface area (Å²) in [6.45, 7) is 1.82. The number of hydrogen-bond donors (Lipinski definition) is 2. The highest BCUT2D eigenvalue weighted by Gasteiger charge is 2.31. The molecule has 0 aliphatic rings. The Bertz CT molecular complexity index is 615. The Morgan fingerprint density at radius 1 is 1.27 bits per heavy atom. The van der Waals surface area contributed by atoms with Gasteiger partial charge in [-0.2, -0.15) is 13.2 Å². The van der Waals surface area contributed by atoms with E-state index < -0.39 is 39.1 Å². The molecule has 0 heterocycles. The number of halogens is 3. The second-order valence-corrected chi connectivity index (χ2v) is 6.32. The summed E-state index contributed by atoms with van der Waals surface area (Å²) < 4.78 is 63.4. The maximum atomic E-state index is 12.6. The van der Waals surface area contributed by atoms with E-state index in [2.05, 4.69) is 5.32 Å². The third-order valence-electron chi connectivity index (χ3n) is 2.75. The van der Waals surface area contributed by atoms with Crippen molar-refractivity contribution >= 4 is 15.9 Å². The summed E-state index contributed by atoms with van der Waals surface area (Å²) in [6.07, 6.45) is -3.01. The van der Waals surface area contributed by atoms with Gasteiger partial charge in [0.15, 0.2) is 0 Å². The number of amides is 1. The van der Waals surface area contributed by atoms with Crippen LogP contribution in [0, 0.1) is 0 Å². The fraction of sp³-hybridized carbons (Fsp3) is 0.462. The molecule has 5 nitrogen and oxygen atoms in total. The minimum absolute atomic E-state index is 0.417. The third-order valence-corrected chi connectivity index (χ3v) is 4.15. The number of hydrogen-bond acceptors (Lipinski definition) is 3. The third kappa shape index (κ3) is 5.64. The van der Waals surface area contributed by atoms with Crippen LogP contribution >= 0.6 is 0 Å². The van der Waals surface area contributed by atoms with Gasteiger partial charge in [-0.1, -0.05) is 19.4 Å². The van der Waals surface area contributed by atoms with Gasteiger partial charge in [-0.05, 0) is 24.6 Å². The number of alkyl halides is 3. The molecule has 22 heavy (non-hydrogen) atoms. The molecule has 1 aromatic carbocycles. The summed E-state index contributed by atoms with van der Waals surface area (Å²) in [6, 6.07) is 3.33. The maximum absolute atomic E-state index is 12.6. The van der Waals surface area contributed by atoms with Gasteiger partial charge in [0.25, 0.3) is 0 Å². The number of carbonyl (C=O) groups is 1. The van der Waals surface area contributed by atoms with Gasteiger partial charge in [-0.15, -0.1) is 0 Å². The Balaban J connectivity index is 2.73. The van der Waals surface area contributed by atoms with Gasteiger partial charge in [-0.25, -0.2) is 13.1 Å². The minimum Gasteiger partial charge on any atom is -0.355 e. The molecule has 0 bridgehead atoms. The number of rotatable bonds is 7. The van der Waals surface area contributed by atoms with Crippen molar-refractivity contribution in [3.8, 4) is 0 Å². The smallest absolute Gasteiger partial charge is 0.355 e. The van der Waals surface area contributed by atoms with Crippen LogP contribution in [0.5, 0.6) is 0 Å². The van der Waals surface area contributed by atoms with E-state index in [0.717, 1.165) is 31.0 Å². The fourth-order valence-electron chi connectivity index (χ4n) is 1.55. The molecule has 0 aromatic heterocycles. The van der Waals surface area contributed by atoms with Crippen LogP contribution in [0.3, 0.4) is 0 Å². The lowest BCUT2D eigenvalue weighted by Crippen LogP contribution is -2.37. The predicted octanol–water partition coefficient (Wildman–Crippen LogP) is 1.90. The molecule has 0 aliphatic carbocycles. The molecular formula is C13H17F3N2O3S. The lowest BCUT2D eigenvalue weighted by atomic mass is 10.2. The van der Waals surface area contributed by atoms with E-state index in [1.807, 2.05) is 11.6 Å². The largest absolute Gasteiger partial charge is 0.416 e. The first-order valence-corrected chi connectivity index (χ1v) is 8.08. The Hall–Kier alpha value is -1.61. The molecule has 0 atom stereocenters. The molecule has 0 aliphatic heterocycles. The summed E-state index contributed by atoms with van der Waals surface area (Å²) in [5.74, 6) is -0.538. The highest BCUT2D eigenvalue weighted by atomic mass is 32.2. The lowest BCUT2D eigenvalue weighted by Gasteiger charge is -2.10. The van der Waals surface area contributed by atoms with Crippen LogP contribution < -0.4 is 10.0 Å². The zero-order chi connectivity index (χ0) is 16.8. The number of unbranched alkanes of at least 4 members (excludes halogenated alkanes) is 1. The summed E-state index contributed by atoms with van der Waals surface area (Å²) in [5.41, 5.74) is -1.07. The Labute approximate surface area is 127 Å². The Morgan fingerprint density at radius 2 is 1.95 bits per heavy atom. The highest BCUT2D eigenvalue weighted by molar-refractivity contribution is 7.89. The molecule has 0 saturated carbocycles. The molecular weight excluding hydrogens is 321 g/mol. The van der Waals surface area contributed by atoms with Gasteiger partial charge < -0.3 is 5.32 Å². The van der Waals surface area contributed by atoms with Crippen molar-refractivity contribution in [3.05, 3.63) is 29.8 Å². The van der Waals surface area contributed by atoms with Crippen LogP contribution in [0.25, 0.3) is 0 Å². The quantitative estimate of drug-likeness (QED) is 0.746. The van der Waals surface area contributed by atoms with E-state index in [0.29, 0.717) is 12.6 Å². The number of benzene rings is 1. The number of nitrogens with one attached hydrogen (secondary N) is 2. The van der Waals surface area contributed by atoms with Gasteiger partial charge in [0.2, 0.25) is 15.9 Å². The second-order valence-electron chi connectivity index (χ2n) is 4.55. The van der Waals surface area contributed by atoms with E-state index >= 15 is 0 Å². The van der Waals surface area contributed by atoms with Crippen LogP contribution in [0.2, 0.25) is 0 Å². The molecule has 124 valence electrons. The van der Waals surface area contributed by atoms with Crippen molar-refractivity contribution in [2.24, 2.45) is 0 Å². The van der Waals surface area contributed by atoms with E-state index in [4.69, 9.17) is 0 Å². The first-order valence-electron chi connectivity index (χ1n) is 6.60. The van der Waals surface area contributed by atoms with E-state index in [9.17, 15) is 26.4 Å². The van der Waals surface area contributed by atoms with Crippen molar-refractivity contribution in [1.29, 1.82) is 0 Å². The van der Waals surface area contributed by atoms with Crippen molar-refractivity contribution in [3.63, 3.8) is 0 Å². The minimum atomic E-state index is -4.64. The molecule has 9 heteroatoms. The van der Waals surface area contributed by atoms with Gasteiger partial charge in [-0.3, -0.25) is 4.79 Å². The normalized spacial score (nSPS) is 12.2. The molecule has 0 saturated heterocycles. The lowest BCUT2D eigenvalue weighted by molar-refractivity contribution is -0.137. The van der Waals surface area contributed by atoms with E-state index in [-0.39, 0.29) is 0 Å². The summed E-state index contributed by atoms with van der Waals surface area (Å²) in [7, 11) is -4.18. The standard InChI is InChI=1S/C13H17F3N2O3S/c1-2-3-7-17-12(19)9-18-22(20,21)11-6-4-5-10(8-11)13(14,15)16/h4-6,8,18H,2-3,7,9H2,1H3,(H,17,19). The molecule has 1 rings (SSSR count).